The van der Waals surface area contributed by atoms with E-state index in [0.29, 0.717) is 18.1 Å². The van der Waals surface area contributed by atoms with Gasteiger partial charge < -0.3 is 9.52 Å². The summed E-state index contributed by atoms with van der Waals surface area (Å²) >= 11 is 1.66. The summed E-state index contributed by atoms with van der Waals surface area (Å²) in [5.41, 5.74) is 1.12. The Labute approximate surface area is 160 Å². The maximum Gasteiger partial charge on any atom is 0.371 e. The van der Waals surface area contributed by atoms with E-state index < -0.39 is 5.97 Å². The van der Waals surface area contributed by atoms with E-state index in [1.165, 1.54) is 10.9 Å². The molecule has 0 bridgehead atoms. The maximum atomic E-state index is 13.4. The smallest absolute Gasteiger partial charge is 0.371 e. The van der Waals surface area contributed by atoms with Gasteiger partial charge in [0.25, 0.3) is 5.56 Å². The Morgan fingerprint density at radius 3 is 2.96 bits per heavy atom. The summed E-state index contributed by atoms with van der Waals surface area (Å²) < 4.78 is 7.03. The van der Waals surface area contributed by atoms with Crippen molar-refractivity contribution >= 4 is 27.5 Å². The molecular formula is C20H22N2O4S. The van der Waals surface area contributed by atoms with E-state index >= 15 is 0 Å². The highest BCUT2D eigenvalue weighted by Crippen LogP contribution is 2.36. The van der Waals surface area contributed by atoms with Gasteiger partial charge in [0.15, 0.2) is 0 Å². The van der Waals surface area contributed by atoms with Crippen molar-refractivity contribution in [2.45, 2.75) is 52.5 Å². The van der Waals surface area contributed by atoms with Gasteiger partial charge in [-0.3, -0.25) is 9.36 Å². The van der Waals surface area contributed by atoms with Crippen LogP contribution in [0.5, 0.6) is 0 Å². The molecule has 0 spiro atoms. The molecule has 6 nitrogen and oxygen atoms in total. The standard InChI is InChI=1S/C20H22N2O4S/c1-3-4-16-21-18-17(13-7-5-11(2)9-15(13)27-18)19(23)22(16)10-12-6-8-14(26-12)20(24)25/h6,8,11H,3-5,7,9-10H2,1-2H3,(H,24,25). The van der Waals surface area contributed by atoms with E-state index in [1.807, 2.05) is 0 Å². The summed E-state index contributed by atoms with van der Waals surface area (Å²) in [5.74, 6) is 0.587. The number of furan rings is 1. The van der Waals surface area contributed by atoms with E-state index in [0.717, 1.165) is 47.3 Å². The molecule has 142 valence electrons. The fourth-order valence-electron chi connectivity index (χ4n) is 3.78. The monoisotopic (exact) mass is 386 g/mol. The Morgan fingerprint density at radius 2 is 2.26 bits per heavy atom. The number of carboxylic acids is 1. The first kappa shape index (κ1) is 18.0. The molecule has 0 saturated heterocycles. The van der Waals surface area contributed by atoms with Crippen LogP contribution < -0.4 is 5.56 Å². The lowest BCUT2D eigenvalue weighted by Crippen LogP contribution is -2.26. The van der Waals surface area contributed by atoms with Crippen molar-refractivity contribution in [3.8, 4) is 0 Å². The Kier molecular flexibility index (Phi) is 4.63. The molecule has 3 aromatic heterocycles. The van der Waals surface area contributed by atoms with E-state index in [-0.39, 0.29) is 17.9 Å². The number of thiophene rings is 1. The minimum Gasteiger partial charge on any atom is -0.475 e. The van der Waals surface area contributed by atoms with Crippen LogP contribution in [0.2, 0.25) is 0 Å². The first-order valence-corrected chi connectivity index (χ1v) is 10.2. The summed E-state index contributed by atoms with van der Waals surface area (Å²) in [6.45, 7) is 4.50. The van der Waals surface area contributed by atoms with Crippen LogP contribution in [0.3, 0.4) is 0 Å². The molecule has 3 heterocycles. The van der Waals surface area contributed by atoms with Gasteiger partial charge in [0, 0.05) is 11.3 Å². The lowest BCUT2D eigenvalue weighted by Gasteiger charge is -2.17. The number of fused-ring (bicyclic) bond motifs is 3. The van der Waals surface area contributed by atoms with Crippen LogP contribution in [0, 0.1) is 5.92 Å². The lowest BCUT2D eigenvalue weighted by molar-refractivity contribution is 0.0660. The Morgan fingerprint density at radius 1 is 1.44 bits per heavy atom. The quantitative estimate of drug-likeness (QED) is 0.719. The fourth-order valence-corrected chi connectivity index (χ4v) is 5.17. The summed E-state index contributed by atoms with van der Waals surface area (Å²) in [6.07, 6.45) is 4.59. The average molecular weight is 386 g/mol. The van der Waals surface area contributed by atoms with Crippen LogP contribution in [0.1, 0.15) is 59.3 Å². The third-order valence-corrected chi connectivity index (χ3v) is 6.30. The topological polar surface area (TPSA) is 85.3 Å². The second-order valence-corrected chi connectivity index (χ2v) is 8.36. The lowest BCUT2D eigenvalue weighted by atomic mass is 9.89. The molecule has 0 aliphatic heterocycles. The number of carbonyl (C=O) groups is 1. The average Bonchev–Trinajstić information content (AvgIpc) is 3.22. The van der Waals surface area contributed by atoms with Crippen LogP contribution in [-0.4, -0.2) is 20.6 Å². The molecule has 1 unspecified atom stereocenters. The van der Waals surface area contributed by atoms with Gasteiger partial charge in [-0.25, -0.2) is 9.78 Å². The molecule has 7 heteroatoms. The third kappa shape index (κ3) is 3.20. The number of aromatic nitrogens is 2. The van der Waals surface area contributed by atoms with Crippen molar-refractivity contribution in [1.29, 1.82) is 0 Å². The zero-order chi connectivity index (χ0) is 19.1. The van der Waals surface area contributed by atoms with Gasteiger partial charge in [-0.15, -0.1) is 11.3 Å². The van der Waals surface area contributed by atoms with Crippen LogP contribution in [0.15, 0.2) is 21.3 Å². The van der Waals surface area contributed by atoms with E-state index in [2.05, 4.69) is 13.8 Å². The molecule has 1 atom stereocenters. The molecular weight excluding hydrogens is 364 g/mol. The van der Waals surface area contributed by atoms with Crippen molar-refractivity contribution in [3.63, 3.8) is 0 Å². The second-order valence-electron chi connectivity index (χ2n) is 7.27. The van der Waals surface area contributed by atoms with E-state index in [1.54, 1.807) is 22.0 Å². The van der Waals surface area contributed by atoms with Gasteiger partial charge in [0.05, 0.1) is 11.9 Å². The van der Waals surface area contributed by atoms with E-state index in [4.69, 9.17) is 14.5 Å². The highest BCUT2D eigenvalue weighted by Gasteiger charge is 2.24. The Hall–Kier alpha value is -2.41. The molecule has 27 heavy (non-hydrogen) atoms. The zero-order valence-corrected chi connectivity index (χ0v) is 16.3. The predicted molar refractivity (Wildman–Crippen MR) is 104 cm³/mol. The summed E-state index contributed by atoms with van der Waals surface area (Å²) in [7, 11) is 0. The Balaban J connectivity index is 1.84. The van der Waals surface area contributed by atoms with Gasteiger partial charge >= 0.3 is 5.97 Å². The van der Waals surface area contributed by atoms with Crippen LogP contribution >= 0.6 is 11.3 Å². The number of hydrogen-bond acceptors (Lipinski definition) is 5. The number of nitrogens with zero attached hydrogens (tertiary/aromatic N) is 2. The normalized spacial score (nSPS) is 16.6. The molecule has 4 rings (SSSR count). The van der Waals surface area contributed by atoms with Crippen molar-refractivity contribution in [2.24, 2.45) is 5.92 Å². The van der Waals surface area contributed by atoms with Gasteiger partial charge in [-0.05, 0) is 49.3 Å². The maximum absolute atomic E-state index is 13.4. The minimum atomic E-state index is -1.11. The number of aromatic carboxylic acids is 1. The number of rotatable bonds is 5. The number of aryl methyl sites for hydroxylation is 2. The first-order valence-electron chi connectivity index (χ1n) is 9.33. The van der Waals surface area contributed by atoms with Crippen molar-refractivity contribution in [3.05, 3.63) is 50.3 Å². The minimum absolute atomic E-state index is 0.0382. The van der Waals surface area contributed by atoms with Gasteiger partial charge in [-0.2, -0.15) is 0 Å². The third-order valence-electron chi connectivity index (χ3n) is 5.15. The van der Waals surface area contributed by atoms with Gasteiger partial charge in [0.2, 0.25) is 5.76 Å². The van der Waals surface area contributed by atoms with Crippen LogP contribution in [-0.2, 0) is 25.8 Å². The van der Waals surface area contributed by atoms with Crippen molar-refractivity contribution in [2.75, 3.05) is 0 Å². The SMILES string of the molecule is CCCc1nc2sc3c(c2c(=O)n1Cc1ccc(C(=O)O)o1)CCC(C)C3. The number of hydrogen-bond donors (Lipinski definition) is 1. The summed E-state index contributed by atoms with van der Waals surface area (Å²) in [4.78, 5) is 31.4. The molecule has 0 aromatic carbocycles. The van der Waals surface area contributed by atoms with E-state index in [9.17, 15) is 9.59 Å². The molecule has 0 saturated carbocycles. The number of carboxylic acid groups (broad SMARTS) is 1. The molecule has 0 fully saturated rings. The molecule has 3 aromatic rings. The summed E-state index contributed by atoms with van der Waals surface area (Å²) in [5, 5.41) is 9.79. The van der Waals surface area contributed by atoms with Gasteiger partial charge in [0.1, 0.15) is 16.4 Å². The second kappa shape index (κ2) is 6.96. The summed E-state index contributed by atoms with van der Waals surface area (Å²) in [6, 6.07) is 3.03. The Bertz CT molecular complexity index is 1080. The zero-order valence-electron chi connectivity index (χ0n) is 15.4. The van der Waals surface area contributed by atoms with Crippen molar-refractivity contribution < 1.29 is 14.3 Å². The first-order chi connectivity index (χ1) is 13.0. The molecule has 1 N–H and O–H groups in total. The molecule has 1 aliphatic carbocycles. The fraction of sp³-hybridized carbons (Fsp3) is 0.450. The predicted octanol–water partition coefficient (Wildman–Crippen LogP) is 3.87. The van der Waals surface area contributed by atoms with Crippen LogP contribution in [0.4, 0.5) is 0 Å². The molecule has 1 aliphatic rings. The molecule has 0 radical (unpaired) electrons. The molecule has 0 amide bonds. The van der Waals surface area contributed by atoms with Gasteiger partial charge in [-0.1, -0.05) is 13.8 Å². The highest BCUT2D eigenvalue weighted by molar-refractivity contribution is 7.18. The van der Waals surface area contributed by atoms with Crippen LogP contribution in [0.25, 0.3) is 10.2 Å². The highest BCUT2D eigenvalue weighted by atomic mass is 32.1. The van der Waals surface area contributed by atoms with Crippen molar-refractivity contribution in [1.82, 2.24) is 9.55 Å². The largest absolute Gasteiger partial charge is 0.475 e.